The summed E-state index contributed by atoms with van der Waals surface area (Å²) in [6, 6.07) is 9.16. The third-order valence-corrected chi connectivity index (χ3v) is 2.86. The molecular formula is C15H11ClFNO4. The SMILES string of the molecule is O=C(COC(=O)c1cc(Cl)ccc1O)Nc1cccc(F)c1. The van der Waals surface area contributed by atoms with Gasteiger partial charge in [-0.2, -0.15) is 0 Å². The Kier molecular flexibility index (Phi) is 4.95. The predicted octanol–water partition coefficient (Wildman–Crippen LogP) is 2.98. The molecule has 0 saturated heterocycles. The minimum atomic E-state index is -0.894. The Labute approximate surface area is 130 Å². The molecule has 0 fully saturated rings. The molecule has 0 atom stereocenters. The molecule has 0 spiro atoms. The molecule has 0 aliphatic heterocycles. The monoisotopic (exact) mass is 323 g/mol. The second-order valence-corrected chi connectivity index (χ2v) is 4.73. The van der Waals surface area contributed by atoms with Crippen molar-refractivity contribution in [3.05, 3.63) is 58.9 Å². The average Bonchev–Trinajstić information content (AvgIpc) is 2.47. The van der Waals surface area contributed by atoms with Crippen LogP contribution in [0.2, 0.25) is 5.02 Å². The summed E-state index contributed by atoms with van der Waals surface area (Å²) in [5, 5.41) is 12.1. The molecule has 0 aromatic heterocycles. The first-order chi connectivity index (χ1) is 10.5. The van der Waals surface area contributed by atoms with Crippen molar-refractivity contribution in [1.82, 2.24) is 0 Å². The van der Waals surface area contributed by atoms with E-state index in [0.29, 0.717) is 0 Å². The maximum Gasteiger partial charge on any atom is 0.342 e. The molecule has 114 valence electrons. The normalized spacial score (nSPS) is 10.1. The van der Waals surface area contributed by atoms with Gasteiger partial charge in [0.15, 0.2) is 6.61 Å². The molecule has 2 aromatic carbocycles. The van der Waals surface area contributed by atoms with E-state index in [2.05, 4.69) is 5.32 Å². The minimum absolute atomic E-state index is 0.147. The van der Waals surface area contributed by atoms with E-state index in [9.17, 15) is 19.1 Å². The van der Waals surface area contributed by atoms with E-state index in [4.69, 9.17) is 16.3 Å². The summed E-state index contributed by atoms with van der Waals surface area (Å²) in [6.07, 6.45) is 0. The van der Waals surface area contributed by atoms with Crippen LogP contribution in [0, 0.1) is 5.82 Å². The van der Waals surface area contributed by atoms with Gasteiger partial charge in [-0.15, -0.1) is 0 Å². The molecule has 22 heavy (non-hydrogen) atoms. The van der Waals surface area contributed by atoms with Gasteiger partial charge in [0, 0.05) is 10.7 Å². The van der Waals surface area contributed by atoms with Gasteiger partial charge in [0.05, 0.1) is 0 Å². The van der Waals surface area contributed by atoms with Gasteiger partial charge in [-0.25, -0.2) is 9.18 Å². The maximum absolute atomic E-state index is 13.0. The molecule has 2 aromatic rings. The van der Waals surface area contributed by atoms with E-state index in [1.54, 1.807) is 0 Å². The van der Waals surface area contributed by atoms with Gasteiger partial charge in [0.1, 0.15) is 17.1 Å². The number of phenols is 1. The molecule has 0 saturated carbocycles. The molecule has 0 aliphatic rings. The largest absolute Gasteiger partial charge is 0.507 e. The van der Waals surface area contributed by atoms with Crippen LogP contribution >= 0.6 is 11.6 Å². The molecule has 2 N–H and O–H groups in total. The van der Waals surface area contributed by atoms with Gasteiger partial charge in [0.2, 0.25) is 0 Å². The highest BCUT2D eigenvalue weighted by Crippen LogP contribution is 2.22. The number of nitrogens with one attached hydrogen (secondary N) is 1. The van der Waals surface area contributed by atoms with Gasteiger partial charge >= 0.3 is 5.97 Å². The Morgan fingerprint density at radius 3 is 2.73 bits per heavy atom. The van der Waals surface area contributed by atoms with Crippen molar-refractivity contribution >= 4 is 29.2 Å². The van der Waals surface area contributed by atoms with E-state index in [1.165, 1.54) is 36.4 Å². The lowest BCUT2D eigenvalue weighted by Crippen LogP contribution is -2.21. The second kappa shape index (κ2) is 6.91. The van der Waals surface area contributed by atoms with Gasteiger partial charge in [-0.05, 0) is 36.4 Å². The lowest BCUT2D eigenvalue weighted by atomic mass is 10.2. The van der Waals surface area contributed by atoms with E-state index in [-0.39, 0.29) is 22.0 Å². The number of halogens is 2. The summed E-state index contributed by atoms with van der Waals surface area (Å²) >= 11 is 5.71. The fraction of sp³-hybridized carbons (Fsp3) is 0.0667. The van der Waals surface area contributed by atoms with Crippen LogP contribution in [0.4, 0.5) is 10.1 Å². The molecule has 0 aliphatic carbocycles. The Hall–Kier alpha value is -2.60. The van der Waals surface area contributed by atoms with E-state index in [1.807, 2.05) is 0 Å². The Balaban J connectivity index is 1.93. The zero-order valence-corrected chi connectivity index (χ0v) is 11.9. The number of esters is 1. The summed E-state index contributed by atoms with van der Waals surface area (Å²) in [4.78, 5) is 23.4. The predicted molar refractivity (Wildman–Crippen MR) is 78.4 cm³/mol. The molecule has 0 bridgehead atoms. The Morgan fingerprint density at radius 2 is 2.00 bits per heavy atom. The third-order valence-electron chi connectivity index (χ3n) is 2.62. The van der Waals surface area contributed by atoms with Crippen molar-refractivity contribution in [2.75, 3.05) is 11.9 Å². The highest BCUT2D eigenvalue weighted by Gasteiger charge is 2.15. The highest BCUT2D eigenvalue weighted by molar-refractivity contribution is 6.31. The third kappa shape index (κ3) is 4.20. The average molecular weight is 324 g/mol. The van der Waals surface area contributed by atoms with Crippen LogP contribution in [0.25, 0.3) is 0 Å². The lowest BCUT2D eigenvalue weighted by Gasteiger charge is -2.08. The van der Waals surface area contributed by atoms with E-state index < -0.39 is 24.3 Å². The number of aromatic hydroxyl groups is 1. The fourth-order valence-electron chi connectivity index (χ4n) is 1.64. The van der Waals surface area contributed by atoms with Crippen LogP contribution < -0.4 is 5.32 Å². The Morgan fingerprint density at radius 1 is 1.23 bits per heavy atom. The van der Waals surface area contributed by atoms with Gasteiger partial charge in [-0.1, -0.05) is 17.7 Å². The maximum atomic E-state index is 13.0. The van der Waals surface area contributed by atoms with Crippen LogP contribution in [-0.2, 0) is 9.53 Å². The summed E-state index contributed by atoms with van der Waals surface area (Å²) in [7, 11) is 0. The van der Waals surface area contributed by atoms with Crippen LogP contribution in [-0.4, -0.2) is 23.6 Å². The number of carbonyl (C=O) groups excluding carboxylic acids is 2. The van der Waals surface area contributed by atoms with Gasteiger partial charge < -0.3 is 15.2 Å². The van der Waals surface area contributed by atoms with Crippen molar-refractivity contribution in [3.8, 4) is 5.75 Å². The molecular weight excluding hydrogens is 313 g/mol. The first-order valence-electron chi connectivity index (χ1n) is 6.17. The molecule has 5 nitrogen and oxygen atoms in total. The van der Waals surface area contributed by atoms with Gasteiger partial charge in [0.25, 0.3) is 5.91 Å². The standard InChI is InChI=1S/C15H11ClFNO4/c16-9-4-5-13(19)12(6-9)15(21)22-8-14(20)18-11-3-1-2-10(17)7-11/h1-7,19H,8H2,(H,18,20). The van der Waals surface area contributed by atoms with Crippen molar-refractivity contribution in [2.24, 2.45) is 0 Å². The molecule has 0 heterocycles. The van der Waals surface area contributed by atoms with Crippen LogP contribution in [0.15, 0.2) is 42.5 Å². The zero-order valence-electron chi connectivity index (χ0n) is 11.2. The topological polar surface area (TPSA) is 75.6 Å². The molecule has 0 unspecified atom stereocenters. The molecule has 2 rings (SSSR count). The number of anilines is 1. The number of phenolic OH excluding ortho intramolecular Hbond substituents is 1. The summed E-state index contributed by atoms with van der Waals surface area (Å²) in [5.74, 6) is -2.34. The summed E-state index contributed by atoms with van der Waals surface area (Å²) in [6.45, 7) is -0.582. The molecule has 7 heteroatoms. The number of amides is 1. The Bertz CT molecular complexity index is 720. The number of rotatable bonds is 4. The van der Waals surface area contributed by atoms with Crippen LogP contribution in [0.1, 0.15) is 10.4 Å². The summed E-state index contributed by atoms with van der Waals surface area (Å²) < 4.78 is 17.7. The number of benzene rings is 2. The highest BCUT2D eigenvalue weighted by atomic mass is 35.5. The van der Waals surface area contributed by atoms with E-state index >= 15 is 0 Å². The lowest BCUT2D eigenvalue weighted by molar-refractivity contribution is -0.119. The first kappa shape index (κ1) is 15.8. The van der Waals surface area contributed by atoms with Crippen molar-refractivity contribution in [2.45, 2.75) is 0 Å². The summed E-state index contributed by atoms with van der Waals surface area (Å²) in [5.41, 5.74) is 0.0951. The number of ether oxygens (including phenoxy) is 1. The van der Waals surface area contributed by atoms with Crippen LogP contribution in [0.5, 0.6) is 5.75 Å². The first-order valence-corrected chi connectivity index (χ1v) is 6.54. The zero-order chi connectivity index (χ0) is 16.1. The smallest absolute Gasteiger partial charge is 0.342 e. The van der Waals surface area contributed by atoms with Crippen molar-refractivity contribution < 1.29 is 23.8 Å². The minimum Gasteiger partial charge on any atom is -0.507 e. The molecule has 1 amide bonds. The number of hydrogen-bond acceptors (Lipinski definition) is 4. The quantitative estimate of drug-likeness (QED) is 0.848. The van der Waals surface area contributed by atoms with Crippen molar-refractivity contribution in [1.29, 1.82) is 0 Å². The molecule has 0 radical (unpaired) electrons. The number of hydrogen-bond donors (Lipinski definition) is 2. The van der Waals surface area contributed by atoms with Crippen LogP contribution in [0.3, 0.4) is 0 Å². The fourth-order valence-corrected chi connectivity index (χ4v) is 1.82. The van der Waals surface area contributed by atoms with Gasteiger partial charge in [-0.3, -0.25) is 4.79 Å². The second-order valence-electron chi connectivity index (χ2n) is 4.30. The number of carbonyl (C=O) groups is 2. The van der Waals surface area contributed by atoms with Crippen molar-refractivity contribution in [3.63, 3.8) is 0 Å². The van der Waals surface area contributed by atoms with E-state index in [0.717, 1.165) is 6.07 Å².